The molecule has 1 saturated heterocycles. The number of hydrogen-bond donors (Lipinski definition) is 1. The first kappa shape index (κ1) is 15.5. The quantitative estimate of drug-likeness (QED) is 0.762. The van der Waals surface area contributed by atoms with Gasteiger partial charge in [0.2, 0.25) is 0 Å². The Labute approximate surface area is 113 Å². The third-order valence-corrected chi connectivity index (χ3v) is 3.13. The van der Waals surface area contributed by atoms with Crippen molar-refractivity contribution in [3.8, 4) is 0 Å². The number of aliphatic carboxylic acids is 1. The third kappa shape index (κ3) is 4.24. The summed E-state index contributed by atoms with van der Waals surface area (Å²) in [6.07, 6.45) is 2.29. The topological polar surface area (TPSA) is 70.1 Å². The Morgan fingerprint density at radius 2 is 2.26 bits per heavy atom. The summed E-state index contributed by atoms with van der Waals surface area (Å²) in [5, 5.41) is 8.86. The van der Waals surface area contributed by atoms with Gasteiger partial charge in [-0.15, -0.1) is 6.58 Å². The lowest BCUT2D eigenvalue weighted by molar-refractivity contribution is -0.137. The van der Waals surface area contributed by atoms with Gasteiger partial charge in [0.05, 0.1) is 18.8 Å². The maximum Gasteiger partial charge on any atom is 0.323 e. The Balaban J connectivity index is 2.79. The molecule has 1 heterocycles. The number of carboxylic acids is 1. The lowest BCUT2D eigenvalue weighted by Crippen LogP contribution is -2.56. The first-order valence-corrected chi connectivity index (χ1v) is 6.49. The molecule has 1 rings (SSSR count). The second-order valence-electron chi connectivity index (χ2n) is 4.70. The van der Waals surface area contributed by atoms with Crippen LogP contribution in [-0.2, 0) is 9.53 Å². The number of carbonyl (C=O) groups excluding carboxylic acids is 1. The van der Waals surface area contributed by atoms with Gasteiger partial charge in [0.25, 0.3) is 0 Å². The van der Waals surface area contributed by atoms with Gasteiger partial charge in [0.1, 0.15) is 6.54 Å². The number of hydrogen-bond acceptors (Lipinski definition) is 3. The van der Waals surface area contributed by atoms with Crippen LogP contribution in [-0.4, -0.2) is 65.3 Å². The average molecular weight is 270 g/mol. The summed E-state index contributed by atoms with van der Waals surface area (Å²) in [6, 6.07) is -0.255. The number of carbonyl (C=O) groups is 2. The Morgan fingerprint density at radius 1 is 1.58 bits per heavy atom. The molecule has 6 nitrogen and oxygen atoms in total. The van der Waals surface area contributed by atoms with E-state index in [2.05, 4.69) is 6.58 Å². The number of nitrogens with zero attached hydrogens (tertiary/aromatic N) is 2. The van der Waals surface area contributed by atoms with Gasteiger partial charge in [-0.25, -0.2) is 4.79 Å². The fraction of sp³-hybridized carbons (Fsp3) is 0.692. The zero-order valence-corrected chi connectivity index (χ0v) is 11.5. The summed E-state index contributed by atoms with van der Waals surface area (Å²) in [6.45, 7) is 8.35. The molecule has 2 amide bonds. The monoisotopic (exact) mass is 270 g/mol. The van der Waals surface area contributed by atoms with Crippen LogP contribution in [0.4, 0.5) is 4.79 Å². The van der Waals surface area contributed by atoms with E-state index in [0.717, 1.165) is 6.42 Å². The van der Waals surface area contributed by atoms with Gasteiger partial charge in [-0.05, 0) is 13.3 Å². The van der Waals surface area contributed by atoms with Crippen molar-refractivity contribution in [3.05, 3.63) is 12.7 Å². The Bertz CT molecular complexity index is 346. The zero-order chi connectivity index (χ0) is 14.4. The van der Waals surface area contributed by atoms with Crippen molar-refractivity contribution in [1.82, 2.24) is 9.80 Å². The summed E-state index contributed by atoms with van der Waals surface area (Å²) in [5.41, 5.74) is 0. The van der Waals surface area contributed by atoms with Crippen molar-refractivity contribution in [2.45, 2.75) is 32.4 Å². The number of urea groups is 1. The molecule has 19 heavy (non-hydrogen) atoms. The second kappa shape index (κ2) is 7.13. The van der Waals surface area contributed by atoms with Gasteiger partial charge < -0.3 is 19.6 Å². The van der Waals surface area contributed by atoms with Gasteiger partial charge in [0, 0.05) is 13.1 Å². The highest BCUT2D eigenvalue weighted by atomic mass is 16.5. The van der Waals surface area contributed by atoms with Gasteiger partial charge >= 0.3 is 12.0 Å². The summed E-state index contributed by atoms with van der Waals surface area (Å²) in [5.74, 6) is -1.02. The van der Waals surface area contributed by atoms with Crippen LogP contribution in [0.5, 0.6) is 0 Å². The van der Waals surface area contributed by atoms with Gasteiger partial charge in [0.15, 0.2) is 0 Å². The molecular formula is C13H22N2O4. The van der Waals surface area contributed by atoms with Crippen LogP contribution in [0.2, 0.25) is 0 Å². The lowest BCUT2D eigenvalue weighted by Gasteiger charge is -2.40. The van der Waals surface area contributed by atoms with Crippen molar-refractivity contribution < 1.29 is 19.4 Å². The highest BCUT2D eigenvalue weighted by Crippen LogP contribution is 2.16. The standard InChI is InChI=1S/C13H22N2O4/c1-4-6-14(8-12(16)17)13(18)15-7-10(3)19-9-11(15)5-2/h4,10-11H,1,5-9H2,2-3H3,(H,16,17). The Morgan fingerprint density at radius 3 is 2.79 bits per heavy atom. The molecule has 2 atom stereocenters. The van der Waals surface area contributed by atoms with E-state index in [0.29, 0.717) is 13.2 Å². The van der Waals surface area contributed by atoms with Crippen LogP contribution in [0.15, 0.2) is 12.7 Å². The van der Waals surface area contributed by atoms with E-state index in [9.17, 15) is 9.59 Å². The molecule has 1 aliphatic heterocycles. The molecule has 1 aliphatic rings. The smallest absolute Gasteiger partial charge is 0.323 e. The minimum Gasteiger partial charge on any atom is -0.480 e. The number of rotatable bonds is 5. The predicted molar refractivity (Wildman–Crippen MR) is 71.0 cm³/mol. The van der Waals surface area contributed by atoms with Crippen molar-refractivity contribution in [1.29, 1.82) is 0 Å². The Hall–Kier alpha value is -1.56. The van der Waals surface area contributed by atoms with Crippen molar-refractivity contribution in [3.63, 3.8) is 0 Å². The van der Waals surface area contributed by atoms with Crippen LogP contribution in [0.1, 0.15) is 20.3 Å². The maximum atomic E-state index is 12.4. The van der Waals surface area contributed by atoms with Crippen molar-refractivity contribution in [2.75, 3.05) is 26.2 Å². The zero-order valence-electron chi connectivity index (χ0n) is 11.5. The van der Waals surface area contributed by atoms with E-state index >= 15 is 0 Å². The minimum atomic E-state index is -1.02. The third-order valence-electron chi connectivity index (χ3n) is 3.13. The molecule has 0 radical (unpaired) electrons. The molecule has 108 valence electrons. The summed E-state index contributed by atoms with van der Waals surface area (Å²) < 4.78 is 5.53. The summed E-state index contributed by atoms with van der Waals surface area (Å²) in [7, 11) is 0. The molecule has 0 bridgehead atoms. The molecule has 0 aromatic carbocycles. The Kier molecular flexibility index (Phi) is 5.82. The molecule has 0 aromatic heterocycles. The van der Waals surface area contributed by atoms with Crippen molar-refractivity contribution >= 4 is 12.0 Å². The fourth-order valence-electron chi connectivity index (χ4n) is 2.13. The van der Waals surface area contributed by atoms with Gasteiger partial charge in [-0.3, -0.25) is 4.79 Å². The van der Waals surface area contributed by atoms with Crippen LogP contribution in [0, 0.1) is 0 Å². The first-order valence-electron chi connectivity index (χ1n) is 6.49. The molecule has 0 aromatic rings. The van der Waals surface area contributed by atoms with Gasteiger partial charge in [-0.2, -0.15) is 0 Å². The second-order valence-corrected chi connectivity index (χ2v) is 4.70. The van der Waals surface area contributed by atoms with Crippen LogP contribution >= 0.6 is 0 Å². The molecule has 1 N–H and O–H groups in total. The van der Waals surface area contributed by atoms with Crippen LogP contribution < -0.4 is 0 Å². The van der Waals surface area contributed by atoms with E-state index in [4.69, 9.17) is 9.84 Å². The van der Waals surface area contributed by atoms with Crippen LogP contribution in [0.3, 0.4) is 0 Å². The molecule has 1 fully saturated rings. The molecule has 6 heteroatoms. The van der Waals surface area contributed by atoms with Gasteiger partial charge in [-0.1, -0.05) is 13.0 Å². The highest BCUT2D eigenvalue weighted by molar-refractivity contribution is 5.80. The van der Waals surface area contributed by atoms with Crippen LogP contribution in [0.25, 0.3) is 0 Å². The SMILES string of the molecule is C=CCN(CC(=O)O)C(=O)N1CC(C)OCC1CC. The fourth-order valence-corrected chi connectivity index (χ4v) is 2.13. The molecular weight excluding hydrogens is 248 g/mol. The number of carboxylic acid groups (broad SMARTS) is 1. The summed E-state index contributed by atoms with van der Waals surface area (Å²) >= 11 is 0. The average Bonchev–Trinajstić information content (AvgIpc) is 2.37. The number of amides is 2. The largest absolute Gasteiger partial charge is 0.480 e. The van der Waals surface area contributed by atoms with E-state index in [-0.39, 0.29) is 31.3 Å². The lowest BCUT2D eigenvalue weighted by atomic mass is 10.1. The van der Waals surface area contributed by atoms with Crippen molar-refractivity contribution in [2.24, 2.45) is 0 Å². The number of morpholine rings is 1. The molecule has 2 unspecified atom stereocenters. The molecule has 0 saturated carbocycles. The van der Waals surface area contributed by atoms with E-state index < -0.39 is 5.97 Å². The minimum absolute atomic E-state index is 0.00445. The highest BCUT2D eigenvalue weighted by Gasteiger charge is 2.32. The summed E-state index contributed by atoms with van der Waals surface area (Å²) in [4.78, 5) is 26.2. The molecule has 0 aliphatic carbocycles. The molecule has 0 spiro atoms. The van der Waals surface area contributed by atoms with E-state index in [1.807, 2.05) is 13.8 Å². The predicted octanol–water partition coefficient (Wildman–Crippen LogP) is 1.18. The van der Waals surface area contributed by atoms with E-state index in [1.54, 1.807) is 4.90 Å². The van der Waals surface area contributed by atoms with E-state index in [1.165, 1.54) is 11.0 Å². The number of ether oxygens (including phenoxy) is 1. The first-order chi connectivity index (χ1) is 8.99. The normalized spacial score (nSPS) is 22.9. The maximum absolute atomic E-state index is 12.4.